The van der Waals surface area contributed by atoms with Gasteiger partial charge in [-0.05, 0) is 41.1 Å². The number of benzene rings is 2. The molecule has 0 fully saturated rings. The molecule has 0 N–H and O–H groups in total. The van der Waals surface area contributed by atoms with Crippen LogP contribution in [0.15, 0.2) is 47.0 Å². The first kappa shape index (κ1) is 21.4. The summed E-state index contributed by atoms with van der Waals surface area (Å²) in [6, 6.07) is 9.73. The summed E-state index contributed by atoms with van der Waals surface area (Å²) in [6.45, 7) is 0.138. The van der Waals surface area contributed by atoms with Gasteiger partial charge in [-0.25, -0.2) is 14.4 Å². The van der Waals surface area contributed by atoms with Gasteiger partial charge in [0.25, 0.3) is 11.8 Å². The summed E-state index contributed by atoms with van der Waals surface area (Å²) in [4.78, 5) is 11.9. The van der Waals surface area contributed by atoms with Crippen LogP contribution in [0.3, 0.4) is 0 Å². The molecule has 172 valence electrons. The van der Waals surface area contributed by atoms with Gasteiger partial charge in [0.1, 0.15) is 5.82 Å². The molecule has 0 amide bonds. The Morgan fingerprint density at radius 1 is 1.06 bits per heavy atom. The lowest BCUT2D eigenvalue weighted by atomic mass is 10.1. The van der Waals surface area contributed by atoms with Crippen LogP contribution in [-0.4, -0.2) is 54.5 Å². The van der Waals surface area contributed by atoms with Crippen LogP contribution >= 0.6 is 0 Å². The van der Waals surface area contributed by atoms with Crippen molar-refractivity contribution in [3.8, 4) is 22.8 Å². The molecule has 2 aromatic carbocycles. The smallest absolute Gasteiger partial charge is 0.314 e. The summed E-state index contributed by atoms with van der Waals surface area (Å²) in [7, 11) is 3.73. The van der Waals surface area contributed by atoms with E-state index >= 15 is 0 Å². The Labute approximate surface area is 190 Å². The van der Waals surface area contributed by atoms with Crippen LogP contribution in [0.4, 0.5) is 19.1 Å². The van der Waals surface area contributed by atoms with E-state index in [0.29, 0.717) is 17.3 Å². The van der Waals surface area contributed by atoms with E-state index in [1.807, 2.05) is 37.2 Å². The van der Waals surface area contributed by atoms with Crippen LogP contribution < -0.4 is 4.90 Å². The van der Waals surface area contributed by atoms with E-state index in [-0.39, 0.29) is 18.0 Å². The second kappa shape index (κ2) is 8.50. The average Bonchev–Trinajstić information content (AvgIpc) is 3.49. The first-order valence-electron chi connectivity index (χ1n) is 10.00. The summed E-state index contributed by atoms with van der Waals surface area (Å²) >= 11 is 0. The van der Waals surface area contributed by atoms with Crippen molar-refractivity contribution < 1.29 is 17.6 Å². The molecule has 5 aromatic rings. The van der Waals surface area contributed by atoms with Crippen molar-refractivity contribution in [1.29, 1.82) is 0 Å². The SMILES string of the molecule is CN(C)c1ncc2cc(-c3nnn(Cc4ccc(-c5nnc(C(F)F)o5)c(F)c4)n3)ccc2n1. The lowest BCUT2D eigenvalue weighted by molar-refractivity contribution is 0.116. The van der Waals surface area contributed by atoms with Crippen molar-refractivity contribution in [2.45, 2.75) is 13.0 Å². The molecule has 0 saturated carbocycles. The maximum absolute atomic E-state index is 14.5. The van der Waals surface area contributed by atoms with Gasteiger partial charge >= 0.3 is 6.43 Å². The third-order valence-corrected chi connectivity index (χ3v) is 4.89. The molecule has 0 spiro atoms. The Balaban J connectivity index is 1.35. The molecule has 0 saturated heterocycles. The molecule has 0 aliphatic carbocycles. The van der Waals surface area contributed by atoms with E-state index in [1.165, 1.54) is 16.9 Å². The molecule has 0 bridgehead atoms. The largest absolute Gasteiger partial charge is 0.415 e. The fraction of sp³-hybridized carbons (Fsp3) is 0.190. The van der Waals surface area contributed by atoms with Crippen molar-refractivity contribution >= 4 is 16.9 Å². The molecular weight excluding hydrogens is 451 g/mol. The fourth-order valence-corrected chi connectivity index (χ4v) is 3.23. The first-order valence-corrected chi connectivity index (χ1v) is 10.00. The van der Waals surface area contributed by atoms with E-state index in [0.717, 1.165) is 16.5 Å². The number of anilines is 1. The summed E-state index contributed by atoms with van der Waals surface area (Å²) in [6.07, 6.45) is -1.20. The minimum absolute atomic E-state index is 0.0776. The summed E-state index contributed by atoms with van der Waals surface area (Å²) in [5, 5.41) is 20.0. The van der Waals surface area contributed by atoms with Crippen molar-refractivity contribution in [1.82, 2.24) is 40.4 Å². The minimum atomic E-state index is -2.93. The van der Waals surface area contributed by atoms with Gasteiger partial charge in [-0.2, -0.15) is 13.6 Å². The van der Waals surface area contributed by atoms with E-state index in [9.17, 15) is 13.2 Å². The zero-order valence-electron chi connectivity index (χ0n) is 17.9. The Bertz CT molecular complexity index is 1480. The molecule has 3 heterocycles. The van der Waals surface area contributed by atoms with Crippen molar-refractivity contribution in [2.75, 3.05) is 19.0 Å². The molecule has 0 unspecified atom stereocenters. The lowest BCUT2D eigenvalue weighted by Crippen LogP contribution is -2.12. The second-order valence-electron chi connectivity index (χ2n) is 7.54. The zero-order valence-corrected chi connectivity index (χ0v) is 17.9. The van der Waals surface area contributed by atoms with Gasteiger partial charge in [0.2, 0.25) is 11.8 Å². The molecule has 3 aromatic heterocycles. The average molecular weight is 467 g/mol. The molecule has 0 aliphatic rings. The molecule has 0 atom stereocenters. The van der Waals surface area contributed by atoms with Gasteiger partial charge < -0.3 is 9.32 Å². The molecule has 5 rings (SSSR count). The third kappa shape index (κ3) is 4.14. The highest BCUT2D eigenvalue weighted by Gasteiger charge is 2.19. The third-order valence-electron chi connectivity index (χ3n) is 4.89. The predicted octanol–water partition coefficient (Wildman–Crippen LogP) is 3.52. The molecule has 10 nitrogen and oxygen atoms in total. The van der Waals surface area contributed by atoms with Gasteiger partial charge in [-0.1, -0.05) is 6.07 Å². The van der Waals surface area contributed by atoms with Crippen LogP contribution in [0.2, 0.25) is 0 Å². The second-order valence-corrected chi connectivity index (χ2v) is 7.54. The molecule has 13 heteroatoms. The summed E-state index contributed by atoms with van der Waals surface area (Å²) < 4.78 is 44.6. The van der Waals surface area contributed by atoms with Crippen LogP contribution in [0.25, 0.3) is 33.7 Å². The molecular formula is C21H16F3N9O. The Morgan fingerprint density at radius 3 is 2.65 bits per heavy atom. The van der Waals surface area contributed by atoms with Gasteiger partial charge in [0.05, 0.1) is 17.6 Å². The Hall–Kier alpha value is -4.42. The standard InChI is InChI=1S/C21H16F3N9O/c1-32(2)21-25-9-13-8-12(4-6-16(13)26-21)18-27-31-33(30-18)10-11-3-5-14(15(22)7-11)19-28-29-20(34-19)17(23)24/h3-9,17H,10H2,1-2H3. The maximum Gasteiger partial charge on any atom is 0.314 e. The number of hydrogen-bond acceptors (Lipinski definition) is 9. The number of tetrazole rings is 1. The Kier molecular flexibility index (Phi) is 5.36. The van der Waals surface area contributed by atoms with Crippen LogP contribution in [0.5, 0.6) is 0 Å². The molecule has 34 heavy (non-hydrogen) atoms. The fourth-order valence-electron chi connectivity index (χ4n) is 3.23. The number of fused-ring (bicyclic) bond motifs is 1. The highest BCUT2D eigenvalue weighted by Crippen LogP contribution is 2.26. The van der Waals surface area contributed by atoms with Gasteiger partial charge in [0.15, 0.2) is 0 Å². The number of nitrogens with zero attached hydrogens (tertiary/aromatic N) is 9. The number of hydrogen-bond donors (Lipinski definition) is 0. The van der Waals surface area contributed by atoms with Crippen LogP contribution in [0.1, 0.15) is 17.9 Å². The number of alkyl halides is 2. The number of halogens is 3. The normalized spacial score (nSPS) is 11.5. The van der Waals surface area contributed by atoms with Crippen LogP contribution in [-0.2, 0) is 6.54 Å². The summed E-state index contributed by atoms with van der Waals surface area (Å²) in [5.74, 6) is -0.888. The highest BCUT2D eigenvalue weighted by molar-refractivity contribution is 5.83. The highest BCUT2D eigenvalue weighted by atomic mass is 19.3. The predicted molar refractivity (Wildman–Crippen MR) is 114 cm³/mol. The minimum Gasteiger partial charge on any atom is -0.415 e. The molecule has 0 aliphatic heterocycles. The zero-order chi connectivity index (χ0) is 23.8. The first-order chi connectivity index (χ1) is 16.4. The number of rotatable bonds is 6. The van der Waals surface area contributed by atoms with Crippen molar-refractivity contribution in [2.24, 2.45) is 0 Å². The number of aromatic nitrogens is 8. The Morgan fingerprint density at radius 2 is 1.91 bits per heavy atom. The maximum atomic E-state index is 14.5. The van der Waals surface area contributed by atoms with E-state index in [2.05, 4.69) is 35.6 Å². The van der Waals surface area contributed by atoms with Gasteiger partial charge in [0, 0.05) is 31.2 Å². The van der Waals surface area contributed by atoms with Gasteiger partial charge in [-0.15, -0.1) is 20.4 Å². The summed E-state index contributed by atoms with van der Waals surface area (Å²) in [5.41, 5.74) is 1.97. The monoisotopic (exact) mass is 467 g/mol. The van der Waals surface area contributed by atoms with E-state index < -0.39 is 18.1 Å². The lowest BCUT2D eigenvalue weighted by Gasteiger charge is -2.10. The van der Waals surface area contributed by atoms with Crippen molar-refractivity contribution in [3.05, 3.63) is 59.9 Å². The quantitative estimate of drug-likeness (QED) is 0.370. The van der Waals surface area contributed by atoms with E-state index in [4.69, 9.17) is 4.42 Å². The molecule has 0 radical (unpaired) electrons. The van der Waals surface area contributed by atoms with E-state index in [1.54, 1.807) is 12.3 Å². The van der Waals surface area contributed by atoms with Gasteiger partial charge in [-0.3, -0.25) is 0 Å². The van der Waals surface area contributed by atoms with Crippen molar-refractivity contribution in [3.63, 3.8) is 0 Å². The topological polar surface area (TPSA) is 112 Å². The van der Waals surface area contributed by atoms with Crippen LogP contribution in [0, 0.1) is 5.82 Å².